The molecule has 1 unspecified atom stereocenters. The van der Waals surface area contributed by atoms with Crippen LogP contribution in [-0.2, 0) is 25.5 Å². The number of aliphatic carboxylic acids is 1. The monoisotopic (exact) mass is 549 g/mol. The first-order chi connectivity index (χ1) is 16.7. The number of H-pyrrole nitrogens is 1. The van der Waals surface area contributed by atoms with Crippen molar-refractivity contribution in [2.24, 2.45) is 5.92 Å². The lowest BCUT2D eigenvalue weighted by atomic mass is 9.79. The normalized spacial score (nSPS) is 21.1. The van der Waals surface area contributed by atoms with Gasteiger partial charge in [0.1, 0.15) is 6.73 Å². The van der Waals surface area contributed by atoms with Gasteiger partial charge in [-0.1, -0.05) is 18.2 Å². The molecule has 35 heavy (non-hydrogen) atoms. The number of aliphatic hydroxyl groups is 2. The van der Waals surface area contributed by atoms with Crippen LogP contribution in [-0.4, -0.2) is 92.6 Å². The van der Waals surface area contributed by atoms with Crippen molar-refractivity contribution in [3.8, 4) is 0 Å². The van der Waals surface area contributed by atoms with Crippen LogP contribution in [0.5, 0.6) is 0 Å². The van der Waals surface area contributed by atoms with E-state index >= 15 is 0 Å². The number of aromatic amines is 1. The van der Waals surface area contributed by atoms with E-state index in [1.54, 1.807) is 4.90 Å². The van der Waals surface area contributed by atoms with E-state index in [2.05, 4.69) is 20.9 Å². The number of carboxylic acid groups (broad SMARTS) is 1. The van der Waals surface area contributed by atoms with E-state index in [4.69, 9.17) is 9.84 Å². The van der Waals surface area contributed by atoms with Crippen molar-refractivity contribution in [1.82, 2.24) is 14.8 Å². The third kappa shape index (κ3) is 4.61. The molecule has 0 radical (unpaired) electrons. The van der Waals surface area contributed by atoms with Crippen LogP contribution in [0.25, 0.3) is 16.5 Å². The molecule has 1 aromatic carbocycles. The van der Waals surface area contributed by atoms with Gasteiger partial charge in [-0.05, 0) is 59.0 Å². The second kappa shape index (κ2) is 10.1. The first kappa shape index (κ1) is 25.4. The van der Waals surface area contributed by atoms with Gasteiger partial charge in [0.25, 0.3) is 0 Å². The minimum absolute atomic E-state index is 0.0353. The highest BCUT2D eigenvalue weighted by atomic mass is 79.9. The molecule has 11 heteroatoms. The number of rotatable bonds is 8. The molecule has 0 bridgehead atoms. The summed E-state index contributed by atoms with van der Waals surface area (Å²) in [4.78, 5) is 43.4. The molecule has 10 nitrogen and oxygen atoms in total. The summed E-state index contributed by atoms with van der Waals surface area (Å²) in [6, 6.07) is 5.72. The number of carbonyl (C=O) groups is 3. The van der Waals surface area contributed by atoms with Crippen molar-refractivity contribution < 1.29 is 34.4 Å². The van der Waals surface area contributed by atoms with Crippen LogP contribution in [0.4, 0.5) is 0 Å². The van der Waals surface area contributed by atoms with Crippen LogP contribution in [0.3, 0.4) is 0 Å². The topological polar surface area (TPSA) is 143 Å². The molecule has 0 spiro atoms. The molecular formula is C24H28BrN3O7. The summed E-state index contributed by atoms with van der Waals surface area (Å²) < 4.78 is 6.08. The highest BCUT2D eigenvalue weighted by molar-refractivity contribution is 9.10. The fourth-order valence-corrected chi connectivity index (χ4v) is 5.51. The molecule has 4 N–H and O–H groups in total. The Morgan fingerprint density at radius 3 is 2.60 bits per heavy atom. The predicted octanol–water partition coefficient (Wildman–Crippen LogP) is 1.35. The Bertz CT molecular complexity index is 1190. The Hall–Kier alpha value is -2.73. The second-order valence-electron chi connectivity index (χ2n) is 8.70. The average molecular weight is 550 g/mol. The highest BCUT2D eigenvalue weighted by Gasteiger charge is 2.40. The zero-order chi connectivity index (χ0) is 25.4. The number of benzene rings is 1. The Balaban J connectivity index is 1.67. The summed E-state index contributed by atoms with van der Waals surface area (Å²) in [7, 11) is 0. The number of fused-ring (bicyclic) bond motifs is 2. The third-order valence-corrected chi connectivity index (χ3v) is 7.43. The van der Waals surface area contributed by atoms with Gasteiger partial charge in [0.15, 0.2) is 12.2 Å². The molecule has 188 valence electrons. The summed E-state index contributed by atoms with van der Waals surface area (Å²) in [5, 5.41) is 29.2. The SMILES string of the molecule is CCN(CC)C(=O)C1C=C2c3cccc4[nH]c(Br)c(c34)C[C@H]2N(COC(=O)[C@H](O)[C@@H](O)C(=O)O)C1. The van der Waals surface area contributed by atoms with E-state index < -0.39 is 30.1 Å². The molecule has 4 rings (SSSR count). The minimum Gasteiger partial charge on any atom is -0.479 e. The molecule has 1 amide bonds. The van der Waals surface area contributed by atoms with Gasteiger partial charge in [-0.3, -0.25) is 9.69 Å². The number of nitrogens with one attached hydrogen (secondary N) is 1. The Labute approximate surface area is 210 Å². The number of aliphatic hydroxyl groups excluding tert-OH is 2. The van der Waals surface area contributed by atoms with Gasteiger partial charge >= 0.3 is 11.9 Å². The molecular weight excluding hydrogens is 522 g/mol. The number of halogens is 1. The molecule has 1 aliphatic carbocycles. The number of hydrogen-bond acceptors (Lipinski definition) is 7. The summed E-state index contributed by atoms with van der Waals surface area (Å²) in [6.07, 6.45) is -1.91. The van der Waals surface area contributed by atoms with Crippen molar-refractivity contribution in [3.05, 3.63) is 40.0 Å². The largest absolute Gasteiger partial charge is 0.479 e. The average Bonchev–Trinajstić information content (AvgIpc) is 3.18. The van der Waals surface area contributed by atoms with Crippen molar-refractivity contribution >= 4 is 50.3 Å². The predicted molar refractivity (Wildman–Crippen MR) is 130 cm³/mol. The molecule has 0 saturated heterocycles. The van der Waals surface area contributed by atoms with Crippen LogP contribution < -0.4 is 0 Å². The number of hydrogen-bond donors (Lipinski definition) is 4. The summed E-state index contributed by atoms with van der Waals surface area (Å²) in [5.74, 6) is -3.49. The highest BCUT2D eigenvalue weighted by Crippen LogP contribution is 2.43. The zero-order valence-electron chi connectivity index (χ0n) is 19.4. The van der Waals surface area contributed by atoms with E-state index in [0.29, 0.717) is 19.5 Å². The van der Waals surface area contributed by atoms with Crippen molar-refractivity contribution in [2.45, 2.75) is 38.5 Å². The molecule has 0 fully saturated rings. The van der Waals surface area contributed by atoms with Crippen molar-refractivity contribution in [1.29, 1.82) is 0 Å². The van der Waals surface area contributed by atoms with Crippen molar-refractivity contribution in [2.75, 3.05) is 26.4 Å². The van der Waals surface area contributed by atoms with E-state index in [-0.39, 0.29) is 25.2 Å². The standard InChI is InChI=1S/C24H28BrN3O7/c1-3-27(4-2)22(31)12-8-14-13-6-5-7-16-18(13)15(21(25)26-16)9-17(14)28(10-12)11-35-24(34)20(30)19(29)23(32)33/h5-8,12,17,19-20,26,29-30H,3-4,9-11H2,1-2H3,(H,32,33)/t12?,17-,19-,20-/m1/s1. The van der Waals surface area contributed by atoms with Crippen LogP contribution >= 0.6 is 15.9 Å². The minimum atomic E-state index is -2.29. The van der Waals surface area contributed by atoms with Crippen LogP contribution in [0, 0.1) is 5.92 Å². The van der Waals surface area contributed by atoms with Gasteiger partial charge in [0.05, 0.1) is 10.5 Å². The van der Waals surface area contributed by atoms with Gasteiger partial charge < -0.3 is 29.9 Å². The van der Waals surface area contributed by atoms with Gasteiger partial charge in [-0.15, -0.1) is 0 Å². The number of esters is 1. The summed E-state index contributed by atoms with van der Waals surface area (Å²) >= 11 is 3.60. The zero-order valence-corrected chi connectivity index (χ0v) is 21.0. The number of carbonyl (C=O) groups excluding carboxylic acids is 2. The Morgan fingerprint density at radius 2 is 1.94 bits per heavy atom. The molecule has 2 heterocycles. The summed E-state index contributed by atoms with van der Waals surface area (Å²) in [6.45, 7) is 4.97. The molecule has 2 aliphatic rings. The fraction of sp³-hybridized carbons (Fsp3) is 0.458. The van der Waals surface area contributed by atoms with Crippen LogP contribution in [0.15, 0.2) is 28.9 Å². The Kier molecular flexibility index (Phi) is 7.32. The molecule has 2 aromatic rings. The van der Waals surface area contributed by atoms with Gasteiger partial charge in [0, 0.05) is 36.6 Å². The molecule has 1 aromatic heterocycles. The maximum Gasteiger partial charge on any atom is 0.339 e. The Morgan fingerprint density at radius 1 is 1.23 bits per heavy atom. The van der Waals surface area contributed by atoms with E-state index in [9.17, 15) is 24.6 Å². The lowest BCUT2D eigenvalue weighted by Gasteiger charge is -2.42. The fourth-order valence-electron chi connectivity index (χ4n) is 4.93. The van der Waals surface area contributed by atoms with Gasteiger partial charge in [0.2, 0.25) is 5.91 Å². The van der Waals surface area contributed by atoms with Crippen molar-refractivity contribution in [3.63, 3.8) is 0 Å². The van der Waals surface area contributed by atoms with Gasteiger partial charge in [-0.2, -0.15) is 0 Å². The summed E-state index contributed by atoms with van der Waals surface area (Å²) in [5.41, 5.74) is 3.99. The molecule has 0 saturated carbocycles. The first-order valence-electron chi connectivity index (χ1n) is 11.5. The first-order valence-corrected chi connectivity index (χ1v) is 12.3. The third-order valence-electron chi connectivity index (χ3n) is 6.75. The number of amides is 1. The van der Waals surface area contributed by atoms with Crippen LogP contribution in [0.2, 0.25) is 0 Å². The van der Waals surface area contributed by atoms with Gasteiger partial charge in [-0.25, -0.2) is 9.59 Å². The lowest BCUT2D eigenvalue weighted by molar-refractivity contribution is -0.173. The number of ether oxygens (including phenoxy) is 1. The van der Waals surface area contributed by atoms with E-state index in [0.717, 1.165) is 32.2 Å². The maximum atomic E-state index is 13.3. The van der Waals surface area contributed by atoms with E-state index in [1.807, 2.05) is 43.0 Å². The lowest BCUT2D eigenvalue weighted by Crippen LogP contribution is -2.51. The quantitative estimate of drug-likeness (QED) is 0.361. The van der Waals surface area contributed by atoms with E-state index in [1.165, 1.54) is 0 Å². The number of aromatic nitrogens is 1. The maximum absolute atomic E-state index is 13.3. The number of carboxylic acids is 1. The second-order valence-corrected chi connectivity index (χ2v) is 9.49. The molecule has 4 atom stereocenters. The molecule has 1 aliphatic heterocycles. The van der Waals surface area contributed by atoms with Crippen LogP contribution in [0.1, 0.15) is 25.0 Å². The smallest absolute Gasteiger partial charge is 0.339 e. The number of nitrogens with zero attached hydrogens (tertiary/aromatic N) is 2.